The van der Waals surface area contributed by atoms with Gasteiger partial charge in [-0.3, -0.25) is 14.6 Å². The van der Waals surface area contributed by atoms with Crippen LogP contribution in [0.5, 0.6) is 5.75 Å². The molecule has 1 aromatic heterocycles. The van der Waals surface area contributed by atoms with E-state index in [2.05, 4.69) is 15.6 Å². The predicted octanol–water partition coefficient (Wildman–Crippen LogP) is 3.12. The molecule has 3 saturated carbocycles. The van der Waals surface area contributed by atoms with Crippen molar-refractivity contribution in [2.45, 2.75) is 55.5 Å². The van der Waals surface area contributed by atoms with Crippen molar-refractivity contribution in [1.29, 1.82) is 0 Å². The average Bonchev–Trinajstić information content (AvgIpc) is 2.80. The van der Waals surface area contributed by atoms with Crippen LogP contribution in [0.2, 0.25) is 0 Å². The van der Waals surface area contributed by atoms with E-state index in [-0.39, 0.29) is 17.9 Å². The third-order valence-corrected chi connectivity index (χ3v) is 6.67. The first-order valence-corrected chi connectivity index (χ1v) is 10.8. The van der Waals surface area contributed by atoms with E-state index in [1.165, 1.54) is 6.07 Å². The molecule has 3 fully saturated rings. The lowest BCUT2D eigenvalue weighted by Crippen LogP contribution is -2.70. The number of aromatic nitrogens is 1. The molecule has 1 heterocycles. The van der Waals surface area contributed by atoms with E-state index in [1.807, 2.05) is 0 Å². The summed E-state index contributed by atoms with van der Waals surface area (Å²) in [6, 6.07) is 4.64. The number of amides is 2. The molecule has 3 N–H and O–H groups in total. The fraction of sp³-hybridized carbons (Fsp3) is 0.435. The highest BCUT2D eigenvalue weighted by atomic mass is 19.4. The highest BCUT2D eigenvalue weighted by Crippen LogP contribution is 2.47. The number of fused-ring (bicyclic) bond motifs is 3. The summed E-state index contributed by atoms with van der Waals surface area (Å²) in [5.74, 6) is -3.36. The summed E-state index contributed by atoms with van der Waals surface area (Å²) in [5, 5.41) is 16.4. The van der Waals surface area contributed by atoms with E-state index >= 15 is 0 Å². The van der Waals surface area contributed by atoms with E-state index in [9.17, 15) is 36.6 Å². The van der Waals surface area contributed by atoms with Gasteiger partial charge in [0.1, 0.15) is 11.4 Å². The molecule has 3 aliphatic carbocycles. The van der Waals surface area contributed by atoms with Gasteiger partial charge in [-0.2, -0.15) is 13.2 Å². The molecule has 2 aromatic rings. The Kier molecular flexibility index (Phi) is 6.43. The van der Waals surface area contributed by atoms with Gasteiger partial charge >= 0.3 is 6.18 Å². The van der Waals surface area contributed by atoms with Crippen LogP contribution < -0.4 is 15.4 Å². The van der Waals surface area contributed by atoms with E-state index in [0.29, 0.717) is 31.9 Å². The van der Waals surface area contributed by atoms with Gasteiger partial charge in [-0.05, 0) is 56.4 Å². The van der Waals surface area contributed by atoms with Crippen molar-refractivity contribution in [2.75, 3.05) is 6.61 Å². The molecule has 188 valence electrons. The Balaban J connectivity index is 1.34. The molecule has 12 heteroatoms. The summed E-state index contributed by atoms with van der Waals surface area (Å²) in [5.41, 5.74) is -2.90. The lowest BCUT2D eigenvalue weighted by molar-refractivity contribution is -0.137. The molecule has 35 heavy (non-hydrogen) atoms. The largest absolute Gasteiger partial charge is 0.484 e. The number of carbonyl (C=O) groups excluding carboxylic acids is 2. The number of nitrogens with one attached hydrogen (secondary N) is 2. The number of aliphatic hydroxyl groups excluding tert-OH is 1. The minimum absolute atomic E-state index is 0.0116. The normalized spacial score (nSPS) is 25.7. The number of pyridine rings is 1. The second-order valence-electron chi connectivity index (χ2n) is 8.95. The third-order valence-electron chi connectivity index (χ3n) is 6.67. The lowest BCUT2D eigenvalue weighted by Gasteiger charge is -2.56. The number of alkyl halides is 3. The number of nitrogens with zero attached hydrogens (tertiary/aromatic N) is 1. The molecule has 0 radical (unpaired) electrons. The Labute approximate surface area is 196 Å². The molecule has 7 nitrogen and oxygen atoms in total. The Bertz CT molecular complexity index is 1120. The summed E-state index contributed by atoms with van der Waals surface area (Å²) in [6.07, 6.45) is -3.36. The number of rotatable bonds is 6. The van der Waals surface area contributed by atoms with Crippen LogP contribution in [0.3, 0.4) is 0 Å². The number of carbonyl (C=O) groups is 2. The van der Waals surface area contributed by atoms with Crippen molar-refractivity contribution in [2.24, 2.45) is 0 Å². The Morgan fingerprint density at radius 3 is 2.34 bits per heavy atom. The van der Waals surface area contributed by atoms with Gasteiger partial charge in [0.05, 0.1) is 17.2 Å². The lowest BCUT2D eigenvalue weighted by atomic mass is 9.60. The monoisotopic (exact) mass is 499 g/mol. The first-order valence-electron chi connectivity index (χ1n) is 10.8. The number of benzene rings is 1. The predicted molar refractivity (Wildman–Crippen MR) is 111 cm³/mol. The second kappa shape index (κ2) is 9.06. The van der Waals surface area contributed by atoms with Crippen LogP contribution in [0, 0.1) is 11.6 Å². The van der Waals surface area contributed by atoms with E-state index < -0.39 is 59.0 Å². The standard InChI is InChI=1S/C23H22F5N3O4/c24-15-3-2-14(9-16(15)25)35-12-19(33)30-21-5-7-22(8-6-21,18(32)10-21)31-20(34)17-4-1-13(11-29-17)23(26,27)28/h1-4,9,11,18,32H,5-8,10,12H2,(H,30,33)(H,31,34)/t18-,21?,22?/m0/s1. The zero-order chi connectivity index (χ0) is 25.4. The third kappa shape index (κ3) is 5.21. The number of aliphatic hydroxyl groups is 1. The van der Waals surface area contributed by atoms with Crippen LogP contribution in [0.4, 0.5) is 22.0 Å². The van der Waals surface area contributed by atoms with Gasteiger partial charge in [-0.1, -0.05) is 0 Å². The van der Waals surface area contributed by atoms with Crippen LogP contribution in [0.15, 0.2) is 36.5 Å². The molecular formula is C23H22F5N3O4. The molecule has 0 aliphatic heterocycles. The van der Waals surface area contributed by atoms with Gasteiger partial charge in [0.25, 0.3) is 11.8 Å². The van der Waals surface area contributed by atoms with Crippen LogP contribution in [0.25, 0.3) is 0 Å². The summed E-state index contributed by atoms with van der Waals surface area (Å²) < 4.78 is 69.6. The van der Waals surface area contributed by atoms with Crippen molar-refractivity contribution in [3.63, 3.8) is 0 Å². The molecule has 1 atom stereocenters. The van der Waals surface area contributed by atoms with Crippen molar-refractivity contribution in [3.05, 3.63) is 59.4 Å². The van der Waals surface area contributed by atoms with Crippen molar-refractivity contribution < 1.29 is 41.4 Å². The molecule has 5 rings (SSSR count). The Hall–Kier alpha value is -3.28. The molecule has 1 aromatic carbocycles. The van der Waals surface area contributed by atoms with Gasteiger partial charge in [0, 0.05) is 17.8 Å². The smallest absolute Gasteiger partial charge is 0.417 e. The van der Waals surface area contributed by atoms with Gasteiger partial charge in [-0.15, -0.1) is 0 Å². The van der Waals surface area contributed by atoms with E-state index in [1.54, 1.807) is 0 Å². The summed E-state index contributed by atoms with van der Waals surface area (Å²) >= 11 is 0. The van der Waals surface area contributed by atoms with Crippen LogP contribution in [-0.4, -0.2) is 45.7 Å². The van der Waals surface area contributed by atoms with Crippen molar-refractivity contribution >= 4 is 11.8 Å². The van der Waals surface area contributed by atoms with Crippen molar-refractivity contribution in [3.8, 4) is 5.75 Å². The molecular weight excluding hydrogens is 477 g/mol. The van der Waals surface area contributed by atoms with E-state index in [0.717, 1.165) is 24.3 Å². The molecule has 0 spiro atoms. The molecule has 2 bridgehead atoms. The fourth-order valence-electron chi connectivity index (χ4n) is 4.70. The topological polar surface area (TPSA) is 101 Å². The molecule has 0 saturated heterocycles. The van der Waals surface area contributed by atoms with Gasteiger partial charge in [0.2, 0.25) is 0 Å². The number of hydrogen-bond donors (Lipinski definition) is 3. The zero-order valence-corrected chi connectivity index (χ0v) is 18.3. The van der Waals surface area contributed by atoms with E-state index in [4.69, 9.17) is 4.74 Å². The highest BCUT2D eigenvalue weighted by molar-refractivity contribution is 5.93. The molecule has 2 amide bonds. The maximum Gasteiger partial charge on any atom is 0.417 e. The fourth-order valence-corrected chi connectivity index (χ4v) is 4.70. The minimum atomic E-state index is -4.57. The number of ether oxygens (including phenoxy) is 1. The zero-order valence-electron chi connectivity index (χ0n) is 18.3. The average molecular weight is 499 g/mol. The minimum Gasteiger partial charge on any atom is -0.484 e. The van der Waals surface area contributed by atoms with Crippen molar-refractivity contribution in [1.82, 2.24) is 15.6 Å². The van der Waals surface area contributed by atoms with Crippen LogP contribution >= 0.6 is 0 Å². The van der Waals surface area contributed by atoms with Gasteiger partial charge < -0.3 is 20.5 Å². The van der Waals surface area contributed by atoms with Crippen LogP contribution in [0.1, 0.15) is 48.2 Å². The SMILES string of the molecule is O=C(COc1ccc(F)c(F)c1)NC12CCC(NC(=O)c3ccc(C(F)(F)F)cn3)(CC1)[C@@H](O)C2. The summed E-state index contributed by atoms with van der Waals surface area (Å²) in [4.78, 5) is 28.6. The molecule has 3 aliphatic rings. The Morgan fingerprint density at radius 1 is 1.06 bits per heavy atom. The molecule has 0 unspecified atom stereocenters. The maximum absolute atomic E-state index is 13.3. The Morgan fingerprint density at radius 2 is 1.77 bits per heavy atom. The first-order chi connectivity index (χ1) is 16.4. The number of halogens is 5. The van der Waals surface area contributed by atoms with Crippen LogP contribution in [-0.2, 0) is 11.0 Å². The maximum atomic E-state index is 13.3. The summed E-state index contributed by atoms with van der Waals surface area (Å²) in [6.45, 7) is -0.440. The number of hydrogen-bond acceptors (Lipinski definition) is 5. The highest BCUT2D eigenvalue weighted by Gasteiger charge is 2.55. The first kappa shape index (κ1) is 24.8. The quantitative estimate of drug-likeness (QED) is 0.531. The second-order valence-corrected chi connectivity index (χ2v) is 8.95. The summed E-state index contributed by atoms with van der Waals surface area (Å²) in [7, 11) is 0. The van der Waals surface area contributed by atoms with Gasteiger partial charge in [0.15, 0.2) is 18.2 Å². The van der Waals surface area contributed by atoms with Gasteiger partial charge in [-0.25, -0.2) is 8.78 Å².